The van der Waals surface area contributed by atoms with Crippen molar-refractivity contribution in [3.8, 4) is 5.69 Å². The van der Waals surface area contributed by atoms with Gasteiger partial charge in [-0.25, -0.2) is 14.1 Å². The third-order valence-electron chi connectivity index (χ3n) is 4.04. The van der Waals surface area contributed by atoms with Crippen molar-refractivity contribution in [3.63, 3.8) is 0 Å². The van der Waals surface area contributed by atoms with Crippen LogP contribution in [0.3, 0.4) is 0 Å². The molecule has 8 heteroatoms. The fourth-order valence-corrected chi connectivity index (χ4v) is 2.82. The summed E-state index contributed by atoms with van der Waals surface area (Å²) in [5.41, 5.74) is 0.560. The average Bonchev–Trinajstić information content (AvgIpc) is 3.01. The van der Waals surface area contributed by atoms with Crippen LogP contribution < -0.4 is 10.6 Å². The Kier molecular flexibility index (Phi) is 6.50. The van der Waals surface area contributed by atoms with Gasteiger partial charge in [-0.2, -0.15) is 0 Å². The molecule has 1 aromatic carbocycles. The Morgan fingerprint density at radius 2 is 2.24 bits per heavy atom. The summed E-state index contributed by atoms with van der Waals surface area (Å²) in [6, 6.07) is 6.21. The van der Waals surface area contributed by atoms with Crippen molar-refractivity contribution in [3.05, 3.63) is 41.7 Å². The summed E-state index contributed by atoms with van der Waals surface area (Å²) in [6.07, 6.45) is 1.98. The van der Waals surface area contributed by atoms with Crippen molar-refractivity contribution >= 4 is 18.3 Å². The van der Waals surface area contributed by atoms with Gasteiger partial charge in [-0.1, -0.05) is 19.9 Å². The predicted octanol–water partition coefficient (Wildman–Crippen LogP) is 2.43. The maximum absolute atomic E-state index is 13.5. The first-order valence-corrected chi connectivity index (χ1v) is 8.29. The lowest BCUT2D eigenvalue weighted by Gasteiger charge is -2.23. The SMILES string of the molecule is CC(C)c1nc(C(=O)N[C@H]2CCCNC2)nn1-c1cccc(F)c1.Cl. The second kappa shape index (κ2) is 8.40. The van der Waals surface area contributed by atoms with Gasteiger partial charge in [0.05, 0.1) is 5.69 Å². The van der Waals surface area contributed by atoms with E-state index >= 15 is 0 Å². The summed E-state index contributed by atoms with van der Waals surface area (Å²) in [7, 11) is 0. The zero-order chi connectivity index (χ0) is 17.1. The van der Waals surface area contributed by atoms with Gasteiger partial charge in [0.25, 0.3) is 5.91 Å². The highest BCUT2D eigenvalue weighted by Crippen LogP contribution is 2.18. The van der Waals surface area contributed by atoms with Crippen molar-refractivity contribution in [2.45, 2.75) is 38.6 Å². The Bertz CT molecular complexity index is 728. The standard InChI is InChI=1S/C17H22FN5O.ClH/c1-11(2)16-21-15(17(24)20-13-6-4-8-19-10-13)22-23(16)14-7-3-5-12(18)9-14;/h3,5,7,9,11,13,19H,4,6,8,10H2,1-2H3,(H,20,24);1H/t13-;/m0./s1. The summed E-state index contributed by atoms with van der Waals surface area (Å²) < 4.78 is 15.1. The smallest absolute Gasteiger partial charge is 0.291 e. The van der Waals surface area contributed by atoms with E-state index in [1.165, 1.54) is 12.1 Å². The highest BCUT2D eigenvalue weighted by Gasteiger charge is 2.22. The van der Waals surface area contributed by atoms with Crippen LogP contribution in [-0.4, -0.2) is 39.8 Å². The summed E-state index contributed by atoms with van der Waals surface area (Å²) in [5, 5.41) is 10.5. The second-order valence-corrected chi connectivity index (χ2v) is 6.36. The maximum Gasteiger partial charge on any atom is 0.291 e. The number of hydrogen-bond acceptors (Lipinski definition) is 4. The second-order valence-electron chi connectivity index (χ2n) is 6.36. The molecule has 0 radical (unpaired) electrons. The highest BCUT2D eigenvalue weighted by molar-refractivity contribution is 5.90. The predicted molar refractivity (Wildman–Crippen MR) is 96.0 cm³/mol. The van der Waals surface area contributed by atoms with Crippen molar-refractivity contribution in [1.29, 1.82) is 0 Å². The van der Waals surface area contributed by atoms with Gasteiger partial charge < -0.3 is 10.6 Å². The molecule has 2 N–H and O–H groups in total. The first kappa shape index (κ1) is 19.3. The lowest BCUT2D eigenvalue weighted by Crippen LogP contribution is -2.45. The third-order valence-corrected chi connectivity index (χ3v) is 4.04. The number of carbonyl (C=O) groups excluding carboxylic acids is 1. The Morgan fingerprint density at radius 3 is 2.88 bits per heavy atom. The van der Waals surface area contributed by atoms with Crippen molar-refractivity contribution in [1.82, 2.24) is 25.4 Å². The van der Waals surface area contributed by atoms with Gasteiger partial charge >= 0.3 is 0 Å². The fourth-order valence-electron chi connectivity index (χ4n) is 2.82. The van der Waals surface area contributed by atoms with Crippen LogP contribution in [0.4, 0.5) is 4.39 Å². The normalized spacial score (nSPS) is 17.2. The van der Waals surface area contributed by atoms with E-state index in [4.69, 9.17) is 0 Å². The summed E-state index contributed by atoms with van der Waals surface area (Å²) in [5.74, 6) is 0.164. The summed E-state index contributed by atoms with van der Waals surface area (Å²) in [6.45, 7) is 5.67. The van der Waals surface area contributed by atoms with Gasteiger partial charge in [0.15, 0.2) is 0 Å². The number of benzene rings is 1. The van der Waals surface area contributed by atoms with Crippen molar-refractivity contribution in [2.24, 2.45) is 0 Å². The number of rotatable bonds is 4. The van der Waals surface area contributed by atoms with Crippen LogP contribution >= 0.6 is 12.4 Å². The summed E-state index contributed by atoms with van der Waals surface area (Å²) in [4.78, 5) is 16.8. The molecule has 1 atom stereocenters. The molecule has 0 saturated carbocycles. The minimum atomic E-state index is -0.350. The molecule has 25 heavy (non-hydrogen) atoms. The molecule has 1 aliphatic rings. The number of hydrogen-bond donors (Lipinski definition) is 2. The average molecular weight is 368 g/mol. The molecule has 1 aromatic heterocycles. The van der Waals surface area contributed by atoms with Crippen LogP contribution in [0.2, 0.25) is 0 Å². The van der Waals surface area contributed by atoms with Crippen molar-refractivity contribution < 1.29 is 9.18 Å². The quantitative estimate of drug-likeness (QED) is 0.870. The van der Waals surface area contributed by atoms with Crippen LogP contribution in [0.5, 0.6) is 0 Å². The number of aromatic nitrogens is 3. The maximum atomic E-state index is 13.5. The van der Waals surface area contributed by atoms with Gasteiger partial charge in [0.2, 0.25) is 5.82 Å². The Labute approximate surface area is 152 Å². The molecule has 2 heterocycles. The minimum absolute atomic E-state index is 0. The van der Waals surface area contributed by atoms with E-state index in [1.54, 1.807) is 16.8 Å². The first-order valence-electron chi connectivity index (χ1n) is 8.29. The first-order chi connectivity index (χ1) is 11.5. The fraction of sp³-hybridized carbons (Fsp3) is 0.471. The lowest BCUT2D eigenvalue weighted by molar-refractivity contribution is 0.0920. The number of nitrogens with zero attached hydrogens (tertiary/aromatic N) is 3. The van der Waals surface area contributed by atoms with Gasteiger partial charge in [-0.05, 0) is 37.6 Å². The zero-order valence-corrected chi connectivity index (χ0v) is 15.1. The Hall–Kier alpha value is -1.99. The molecular formula is C17H23ClFN5O. The lowest BCUT2D eigenvalue weighted by atomic mass is 10.1. The minimum Gasteiger partial charge on any atom is -0.345 e. The molecule has 0 aliphatic carbocycles. The van der Waals surface area contributed by atoms with Crippen LogP contribution in [0.15, 0.2) is 24.3 Å². The van der Waals surface area contributed by atoms with E-state index in [0.717, 1.165) is 25.9 Å². The molecule has 2 aromatic rings. The van der Waals surface area contributed by atoms with E-state index in [2.05, 4.69) is 20.7 Å². The van der Waals surface area contributed by atoms with E-state index < -0.39 is 0 Å². The van der Waals surface area contributed by atoms with Crippen LogP contribution in [0.1, 0.15) is 49.1 Å². The number of carbonyl (C=O) groups is 1. The number of nitrogens with one attached hydrogen (secondary N) is 2. The van der Waals surface area contributed by atoms with Gasteiger partial charge in [0.1, 0.15) is 11.6 Å². The largest absolute Gasteiger partial charge is 0.345 e. The molecule has 0 unspecified atom stereocenters. The molecule has 1 amide bonds. The molecule has 1 aliphatic heterocycles. The highest BCUT2D eigenvalue weighted by atomic mass is 35.5. The van der Waals surface area contributed by atoms with Crippen LogP contribution in [0.25, 0.3) is 5.69 Å². The summed E-state index contributed by atoms with van der Waals surface area (Å²) >= 11 is 0. The molecule has 1 saturated heterocycles. The Balaban J connectivity index is 0.00000225. The molecule has 1 fully saturated rings. The van der Waals surface area contributed by atoms with Crippen LogP contribution in [0, 0.1) is 5.82 Å². The number of amides is 1. The number of halogens is 2. The van der Waals surface area contributed by atoms with Crippen molar-refractivity contribution in [2.75, 3.05) is 13.1 Å². The van der Waals surface area contributed by atoms with E-state index in [9.17, 15) is 9.18 Å². The molecule has 6 nitrogen and oxygen atoms in total. The van der Waals surface area contributed by atoms with E-state index in [0.29, 0.717) is 11.5 Å². The molecule has 0 bridgehead atoms. The molecule has 136 valence electrons. The monoisotopic (exact) mass is 367 g/mol. The molecule has 0 spiro atoms. The van der Waals surface area contributed by atoms with Crippen LogP contribution in [-0.2, 0) is 0 Å². The van der Waals surface area contributed by atoms with Gasteiger partial charge in [-0.15, -0.1) is 17.5 Å². The topological polar surface area (TPSA) is 71.8 Å². The molecular weight excluding hydrogens is 345 g/mol. The molecule has 3 rings (SSSR count). The van der Waals surface area contributed by atoms with Gasteiger partial charge in [0, 0.05) is 18.5 Å². The van der Waals surface area contributed by atoms with E-state index in [1.807, 2.05) is 13.8 Å². The third kappa shape index (κ3) is 4.55. The number of piperidine rings is 1. The van der Waals surface area contributed by atoms with Gasteiger partial charge in [-0.3, -0.25) is 4.79 Å². The zero-order valence-electron chi connectivity index (χ0n) is 14.3. The Morgan fingerprint density at radius 1 is 1.44 bits per heavy atom. The van der Waals surface area contributed by atoms with E-state index in [-0.39, 0.29) is 41.9 Å².